The Hall–Kier alpha value is -2.16. The van der Waals surface area contributed by atoms with Crippen LogP contribution in [0.25, 0.3) is 0 Å². The van der Waals surface area contributed by atoms with Gasteiger partial charge in [-0.1, -0.05) is 44.2 Å². The quantitative estimate of drug-likeness (QED) is 0.887. The van der Waals surface area contributed by atoms with Crippen molar-refractivity contribution >= 4 is 11.6 Å². The van der Waals surface area contributed by atoms with E-state index in [-0.39, 0.29) is 29.0 Å². The predicted molar refractivity (Wildman–Crippen MR) is 86.2 cm³/mol. The van der Waals surface area contributed by atoms with Gasteiger partial charge in [0.1, 0.15) is 5.82 Å². The highest BCUT2D eigenvalue weighted by Gasteiger charge is 2.62. The average Bonchev–Trinajstić information content (AvgIpc) is 3.05. The van der Waals surface area contributed by atoms with E-state index in [9.17, 15) is 9.18 Å². The van der Waals surface area contributed by atoms with E-state index in [2.05, 4.69) is 31.3 Å². The number of rotatable bonds is 3. The number of hydrogen-bond donors (Lipinski definition) is 1. The van der Waals surface area contributed by atoms with Gasteiger partial charge in [0.25, 0.3) is 0 Å². The van der Waals surface area contributed by atoms with Crippen LogP contribution in [-0.2, 0) is 4.79 Å². The largest absolute Gasteiger partial charge is 0.326 e. The summed E-state index contributed by atoms with van der Waals surface area (Å²) in [5, 5.41) is 2.95. The number of nitrogens with one attached hydrogen (secondary N) is 1. The number of hydrogen-bond acceptors (Lipinski definition) is 1. The molecule has 3 heteroatoms. The maximum Gasteiger partial charge on any atom is 0.228 e. The molecule has 0 unspecified atom stereocenters. The number of carbonyl (C=O) groups is 1. The Morgan fingerprint density at radius 1 is 1.14 bits per heavy atom. The maximum atomic E-state index is 13.1. The molecule has 0 bridgehead atoms. The minimum Gasteiger partial charge on any atom is -0.326 e. The minimum atomic E-state index is -0.288. The van der Waals surface area contributed by atoms with E-state index in [1.807, 2.05) is 18.2 Å². The Morgan fingerprint density at radius 3 is 2.45 bits per heavy atom. The summed E-state index contributed by atoms with van der Waals surface area (Å²) in [6, 6.07) is 14.6. The molecule has 2 atom stereocenters. The normalized spacial score (nSPS) is 22.2. The first-order valence-electron chi connectivity index (χ1n) is 7.53. The van der Waals surface area contributed by atoms with Crippen LogP contribution in [0.1, 0.15) is 30.9 Å². The van der Waals surface area contributed by atoms with Crippen LogP contribution < -0.4 is 5.32 Å². The summed E-state index contributed by atoms with van der Waals surface area (Å²) >= 11 is 0. The van der Waals surface area contributed by atoms with Gasteiger partial charge in [-0.25, -0.2) is 4.39 Å². The molecule has 2 aromatic carbocycles. The molecule has 1 aliphatic carbocycles. The van der Waals surface area contributed by atoms with Crippen LogP contribution in [0.2, 0.25) is 0 Å². The van der Waals surface area contributed by atoms with Gasteiger partial charge in [-0.3, -0.25) is 4.79 Å². The summed E-state index contributed by atoms with van der Waals surface area (Å²) in [7, 11) is 0. The van der Waals surface area contributed by atoms with Crippen LogP contribution in [-0.4, -0.2) is 5.91 Å². The fraction of sp³-hybridized carbons (Fsp3) is 0.316. The van der Waals surface area contributed by atoms with Crippen molar-refractivity contribution in [3.05, 3.63) is 65.5 Å². The molecule has 1 N–H and O–H groups in total. The Labute approximate surface area is 130 Å². The molecule has 1 aliphatic rings. The molecule has 1 saturated carbocycles. The molecule has 3 rings (SSSR count). The van der Waals surface area contributed by atoms with Gasteiger partial charge < -0.3 is 5.32 Å². The first kappa shape index (κ1) is 14.8. The van der Waals surface area contributed by atoms with Crippen molar-refractivity contribution in [1.29, 1.82) is 0 Å². The minimum absolute atomic E-state index is 0.00793. The van der Waals surface area contributed by atoms with Gasteiger partial charge in [-0.05, 0) is 41.7 Å². The molecule has 0 spiro atoms. The standard InChI is InChI=1S/C19H20FNO/c1-12-11-14(20)9-10-15(12)21-18(22)17-16(19(17,2)3)13-7-5-4-6-8-13/h4-11,16-17H,1-3H3,(H,21,22)/t16-,17+/m0/s1. The predicted octanol–water partition coefficient (Wildman–Crippen LogP) is 4.51. The summed E-state index contributed by atoms with van der Waals surface area (Å²) in [4.78, 5) is 12.6. The van der Waals surface area contributed by atoms with Crippen LogP contribution >= 0.6 is 0 Å². The SMILES string of the molecule is Cc1cc(F)ccc1NC(=O)[C@H]1[C@H](c2ccccc2)C1(C)C. The number of anilines is 1. The topological polar surface area (TPSA) is 29.1 Å². The van der Waals surface area contributed by atoms with E-state index < -0.39 is 0 Å². The summed E-state index contributed by atoms with van der Waals surface area (Å²) in [5.74, 6) is -0.105. The second-order valence-electron chi connectivity index (χ2n) is 6.64. The van der Waals surface area contributed by atoms with E-state index in [1.54, 1.807) is 13.0 Å². The molecule has 22 heavy (non-hydrogen) atoms. The van der Waals surface area contributed by atoms with E-state index in [0.717, 1.165) is 5.56 Å². The Kier molecular flexibility index (Phi) is 3.51. The van der Waals surface area contributed by atoms with Crippen molar-refractivity contribution in [2.45, 2.75) is 26.7 Å². The van der Waals surface area contributed by atoms with E-state index >= 15 is 0 Å². The van der Waals surface area contributed by atoms with Crippen molar-refractivity contribution in [2.75, 3.05) is 5.32 Å². The molecule has 2 aromatic rings. The van der Waals surface area contributed by atoms with Crippen molar-refractivity contribution in [3.8, 4) is 0 Å². The molecule has 114 valence electrons. The smallest absolute Gasteiger partial charge is 0.228 e. The van der Waals surface area contributed by atoms with Crippen molar-refractivity contribution < 1.29 is 9.18 Å². The van der Waals surface area contributed by atoms with Gasteiger partial charge in [0.15, 0.2) is 0 Å². The lowest BCUT2D eigenvalue weighted by Gasteiger charge is -2.09. The molecule has 1 amide bonds. The third kappa shape index (κ3) is 2.52. The van der Waals surface area contributed by atoms with Crippen LogP contribution in [0.4, 0.5) is 10.1 Å². The van der Waals surface area contributed by atoms with E-state index in [0.29, 0.717) is 5.69 Å². The Balaban J connectivity index is 1.78. The lowest BCUT2D eigenvalue weighted by molar-refractivity contribution is -0.118. The fourth-order valence-corrected chi connectivity index (χ4v) is 3.39. The molecular weight excluding hydrogens is 277 g/mol. The summed E-state index contributed by atoms with van der Waals surface area (Å²) in [5.41, 5.74) is 2.56. The van der Waals surface area contributed by atoms with Crippen LogP contribution in [0, 0.1) is 24.1 Å². The number of aryl methyl sites for hydroxylation is 1. The molecule has 0 radical (unpaired) electrons. The van der Waals surface area contributed by atoms with Gasteiger partial charge in [0.05, 0.1) is 5.92 Å². The van der Waals surface area contributed by atoms with Crippen LogP contribution in [0.15, 0.2) is 48.5 Å². The fourth-order valence-electron chi connectivity index (χ4n) is 3.39. The highest BCUT2D eigenvalue weighted by Crippen LogP contribution is 2.64. The monoisotopic (exact) mass is 297 g/mol. The van der Waals surface area contributed by atoms with Crippen LogP contribution in [0.3, 0.4) is 0 Å². The summed E-state index contributed by atoms with van der Waals surface area (Å²) in [6.45, 7) is 6.03. The first-order valence-corrected chi connectivity index (χ1v) is 7.53. The van der Waals surface area contributed by atoms with Crippen molar-refractivity contribution in [3.63, 3.8) is 0 Å². The first-order chi connectivity index (χ1) is 10.4. The summed E-state index contributed by atoms with van der Waals surface area (Å²) in [6.07, 6.45) is 0. The van der Waals surface area contributed by atoms with E-state index in [4.69, 9.17) is 0 Å². The van der Waals surface area contributed by atoms with Gasteiger partial charge in [0, 0.05) is 11.6 Å². The highest BCUT2D eigenvalue weighted by atomic mass is 19.1. The zero-order valence-electron chi connectivity index (χ0n) is 13.1. The molecule has 1 fully saturated rings. The lowest BCUT2D eigenvalue weighted by Crippen LogP contribution is -2.17. The second kappa shape index (κ2) is 5.24. The third-order valence-electron chi connectivity index (χ3n) is 4.71. The molecular formula is C19H20FNO. The Morgan fingerprint density at radius 2 is 1.82 bits per heavy atom. The molecule has 0 aliphatic heterocycles. The van der Waals surface area contributed by atoms with Gasteiger partial charge in [0.2, 0.25) is 5.91 Å². The second-order valence-corrected chi connectivity index (χ2v) is 6.64. The van der Waals surface area contributed by atoms with E-state index in [1.165, 1.54) is 17.7 Å². The third-order valence-corrected chi connectivity index (χ3v) is 4.71. The average molecular weight is 297 g/mol. The maximum absolute atomic E-state index is 13.1. The molecule has 0 aromatic heterocycles. The zero-order valence-corrected chi connectivity index (χ0v) is 13.1. The zero-order chi connectivity index (χ0) is 15.9. The number of amides is 1. The number of benzene rings is 2. The van der Waals surface area contributed by atoms with Crippen LogP contribution in [0.5, 0.6) is 0 Å². The summed E-state index contributed by atoms with van der Waals surface area (Å²) < 4.78 is 13.1. The molecule has 2 nitrogen and oxygen atoms in total. The van der Waals surface area contributed by atoms with Gasteiger partial charge in [-0.15, -0.1) is 0 Å². The van der Waals surface area contributed by atoms with Gasteiger partial charge >= 0.3 is 0 Å². The molecule has 0 heterocycles. The van der Waals surface area contributed by atoms with Crippen molar-refractivity contribution in [2.24, 2.45) is 11.3 Å². The Bertz CT molecular complexity index is 709. The molecule has 0 saturated heterocycles. The highest BCUT2D eigenvalue weighted by molar-refractivity contribution is 5.96. The lowest BCUT2D eigenvalue weighted by atomic mass is 10.0. The van der Waals surface area contributed by atoms with Crippen molar-refractivity contribution in [1.82, 2.24) is 0 Å². The van der Waals surface area contributed by atoms with Gasteiger partial charge in [-0.2, -0.15) is 0 Å². The number of halogens is 1. The number of carbonyl (C=O) groups excluding carboxylic acids is 1.